The molecule has 1 fully saturated rings. The fourth-order valence-electron chi connectivity index (χ4n) is 6.54. The fourth-order valence-corrected chi connectivity index (χ4v) is 7.66. The van der Waals surface area contributed by atoms with E-state index in [2.05, 4.69) is 10.3 Å². The van der Waals surface area contributed by atoms with Gasteiger partial charge in [0.2, 0.25) is 0 Å². The molecule has 6 nitrogen and oxygen atoms in total. The second-order valence-corrected chi connectivity index (χ2v) is 14.4. The lowest BCUT2D eigenvalue weighted by Gasteiger charge is -2.42. The van der Waals surface area contributed by atoms with Gasteiger partial charge in [-0.1, -0.05) is 18.2 Å². The molecule has 266 valence electrons. The van der Waals surface area contributed by atoms with Crippen molar-refractivity contribution >= 4 is 27.4 Å². The Morgan fingerprint density at radius 1 is 1.00 bits per heavy atom. The second kappa shape index (κ2) is 14.2. The van der Waals surface area contributed by atoms with Crippen molar-refractivity contribution in [2.45, 2.75) is 68.8 Å². The summed E-state index contributed by atoms with van der Waals surface area (Å²) >= 11 is 0. The van der Waals surface area contributed by atoms with E-state index in [0.717, 1.165) is 23.1 Å². The van der Waals surface area contributed by atoms with E-state index in [4.69, 9.17) is 0 Å². The smallest absolute Gasteiger partial charge is 0.390 e. The van der Waals surface area contributed by atoms with Crippen molar-refractivity contribution in [3.05, 3.63) is 64.9 Å². The van der Waals surface area contributed by atoms with Gasteiger partial charge in [-0.25, -0.2) is 17.6 Å². The number of aromatic amines is 1. The van der Waals surface area contributed by atoms with E-state index < -0.39 is 78.5 Å². The Morgan fingerprint density at radius 2 is 1.65 bits per heavy atom. The van der Waals surface area contributed by atoms with Crippen LogP contribution in [0.5, 0.6) is 0 Å². The topological polar surface area (TPSA) is 71.6 Å². The molecule has 0 spiro atoms. The maximum absolute atomic E-state index is 15.9. The molecule has 1 unspecified atom stereocenters. The van der Waals surface area contributed by atoms with Crippen LogP contribution in [0.1, 0.15) is 49.0 Å². The van der Waals surface area contributed by atoms with E-state index in [1.807, 2.05) is 17.0 Å². The van der Waals surface area contributed by atoms with Crippen LogP contribution in [0.25, 0.3) is 10.9 Å². The van der Waals surface area contributed by atoms with Gasteiger partial charge in [0.1, 0.15) is 18.2 Å². The van der Waals surface area contributed by atoms with E-state index in [0.29, 0.717) is 43.7 Å². The molecule has 0 amide bonds. The van der Waals surface area contributed by atoms with Crippen molar-refractivity contribution in [1.29, 1.82) is 0 Å². The fraction of sp³-hybridized carbons (Fsp3) is 0.562. The molecular weight excluding hydrogens is 675 g/mol. The summed E-state index contributed by atoms with van der Waals surface area (Å²) in [5, 5.41) is 13.2. The second-order valence-electron chi connectivity index (χ2n) is 12.7. The molecule has 2 aliphatic heterocycles. The number of nitrogens with one attached hydrogen (secondary N) is 2. The third-order valence-electron chi connectivity index (χ3n) is 8.97. The van der Waals surface area contributed by atoms with Crippen LogP contribution < -0.4 is 5.32 Å². The lowest BCUT2D eigenvalue weighted by atomic mass is 9.87. The molecule has 5 rings (SSSR count). The zero-order chi connectivity index (χ0) is 35.0. The van der Waals surface area contributed by atoms with Gasteiger partial charge >= 0.3 is 12.1 Å². The number of alkyl halides is 7. The molecule has 3 N–H and O–H groups in total. The SMILES string of the molecule is C[C@@H]1Cc2c([nH]c3ccccc23)[C@@H](c2c(F)cc(NC3CN(CCCS(=O)CCCC(F)(F)C(F)(F)F)C3)cc2F)N1CC(F)(F)CO. The third-order valence-corrected chi connectivity index (χ3v) is 10.5. The predicted octanol–water partition coefficient (Wildman–Crippen LogP) is 6.62. The summed E-state index contributed by atoms with van der Waals surface area (Å²) in [6, 6.07) is 7.59. The van der Waals surface area contributed by atoms with Crippen LogP contribution in [0.2, 0.25) is 0 Å². The Balaban J connectivity index is 1.20. The van der Waals surface area contributed by atoms with Gasteiger partial charge in [-0.15, -0.1) is 0 Å². The number of aromatic nitrogens is 1. The van der Waals surface area contributed by atoms with Crippen molar-refractivity contribution in [3.63, 3.8) is 0 Å². The highest BCUT2D eigenvalue weighted by Gasteiger charge is 2.56. The van der Waals surface area contributed by atoms with Crippen LogP contribution in [0.15, 0.2) is 36.4 Å². The standard InChI is InChI=1S/C32H37F9N4O2S/c1-19-12-23-22-6-2-3-7-26(22)43-28(23)29(45(19)17-30(35,36)18-46)27-24(33)13-20(14-25(27)34)42-21-15-44(16-21)9-5-11-48(47)10-4-8-31(37,38)32(39,40)41/h2-3,6-7,13-14,19,21,29,42-43,46H,4-5,8-12,15-18H2,1H3/t19-,29-,48?/m1/s1. The maximum atomic E-state index is 15.9. The first-order valence-electron chi connectivity index (χ1n) is 15.6. The summed E-state index contributed by atoms with van der Waals surface area (Å²) in [5.41, 5.74) is 1.67. The van der Waals surface area contributed by atoms with Crippen LogP contribution in [-0.4, -0.2) is 98.5 Å². The number of anilines is 1. The summed E-state index contributed by atoms with van der Waals surface area (Å²) in [5.74, 6) is -10.3. The number of hydrogen-bond acceptors (Lipinski definition) is 5. The van der Waals surface area contributed by atoms with Gasteiger partial charge in [0.15, 0.2) is 0 Å². The van der Waals surface area contributed by atoms with Crippen molar-refractivity contribution in [2.75, 3.05) is 49.6 Å². The minimum atomic E-state index is -5.63. The van der Waals surface area contributed by atoms with E-state index in [9.17, 15) is 40.0 Å². The van der Waals surface area contributed by atoms with E-state index in [1.165, 1.54) is 4.90 Å². The van der Waals surface area contributed by atoms with Crippen molar-refractivity contribution in [3.8, 4) is 0 Å². The molecule has 3 atom stereocenters. The number of aliphatic hydroxyl groups is 1. The molecule has 3 heterocycles. The molecule has 2 aliphatic rings. The molecule has 1 aromatic heterocycles. The zero-order valence-electron chi connectivity index (χ0n) is 26.0. The highest BCUT2D eigenvalue weighted by Crippen LogP contribution is 2.44. The summed E-state index contributed by atoms with van der Waals surface area (Å²) < 4.78 is 136. The normalized spacial score (nSPS) is 20.6. The van der Waals surface area contributed by atoms with Gasteiger partial charge in [0.25, 0.3) is 5.92 Å². The summed E-state index contributed by atoms with van der Waals surface area (Å²) in [6.07, 6.45) is -6.78. The number of H-pyrrole nitrogens is 1. The van der Waals surface area contributed by atoms with Crippen LogP contribution in [-0.2, 0) is 17.2 Å². The van der Waals surface area contributed by atoms with Crippen LogP contribution in [0.3, 0.4) is 0 Å². The van der Waals surface area contributed by atoms with E-state index in [1.54, 1.807) is 19.1 Å². The number of likely N-dealkylation sites (tertiary alicyclic amines) is 1. The number of nitrogens with zero attached hydrogens (tertiary/aromatic N) is 2. The van der Waals surface area contributed by atoms with Gasteiger partial charge in [-0.05, 0) is 56.5 Å². The predicted molar refractivity (Wildman–Crippen MR) is 165 cm³/mol. The average molecular weight is 713 g/mol. The van der Waals surface area contributed by atoms with Crippen molar-refractivity contribution in [2.24, 2.45) is 0 Å². The molecule has 48 heavy (non-hydrogen) atoms. The summed E-state index contributed by atoms with van der Waals surface area (Å²) in [7, 11) is -1.54. The molecule has 0 saturated carbocycles. The number of aliphatic hydroxyl groups excluding tert-OH is 1. The number of rotatable bonds is 14. The van der Waals surface area contributed by atoms with E-state index in [-0.39, 0.29) is 28.8 Å². The zero-order valence-corrected chi connectivity index (χ0v) is 26.9. The Kier molecular flexibility index (Phi) is 10.8. The average Bonchev–Trinajstić information content (AvgIpc) is 3.34. The number of halogens is 9. The molecule has 16 heteroatoms. The lowest BCUT2D eigenvalue weighted by molar-refractivity contribution is -0.284. The number of fused-ring (bicyclic) bond motifs is 3. The van der Waals surface area contributed by atoms with Gasteiger partial charge < -0.3 is 15.4 Å². The number of para-hydroxylation sites is 1. The first-order chi connectivity index (χ1) is 22.5. The van der Waals surface area contributed by atoms with Crippen LogP contribution in [0.4, 0.5) is 45.2 Å². The molecule has 2 aromatic carbocycles. The Bertz CT molecular complexity index is 1590. The van der Waals surface area contributed by atoms with Gasteiger partial charge in [-0.3, -0.25) is 14.0 Å². The quantitative estimate of drug-likeness (QED) is 0.164. The molecule has 0 bridgehead atoms. The summed E-state index contributed by atoms with van der Waals surface area (Å²) in [4.78, 5) is 6.48. The Morgan fingerprint density at radius 3 is 2.29 bits per heavy atom. The lowest BCUT2D eigenvalue weighted by Crippen LogP contribution is -2.55. The monoisotopic (exact) mass is 712 g/mol. The number of benzene rings is 2. The van der Waals surface area contributed by atoms with E-state index >= 15 is 8.78 Å². The summed E-state index contributed by atoms with van der Waals surface area (Å²) in [6.45, 7) is 0.833. The molecular formula is C32H37F9N4O2S. The van der Waals surface area contributed by atoms with Crippen LogP contribution in [0, 0.1) is 11.6 Å². The minimum absolute atomic E-state index is 0.142. The first kappa shape index (κ1) is 36.5. The highest BCUT2D eigenvalue weighted by molar-refractivity contribution is 7.84. The molecule has 3 aromatic rings. The Labute approximate surface area is 274 Å². The van der Waals surface area contributed by atoms with Gasteiger partial charge in [0, 0.05) is 75.7 Å². The van der Waals surface area contributed by atoms with Gasteiger partial charge in [0.05, 0.1) is 18.6 Å². The van der Waals surface area contributed by atoms with Gasteiger partial charge in [-0.2, -0.15) is 22.0 Å². The Hall–Kier alpha value is -2.82. The molecule has 0 aliphatic carbocycles. The largest absolute Gasteiger partial charge is 0.453 e. The highest BCUT2D eigenvalue weighted by atomic mass is 32.2. The maximum Gasteiger partial charge on any atom is 0.453 e. The third kappa shape index (κ3) is 7.97. The number of hydrogen-bond donors (Lipinski definition) is 3. The van der Waals surface area contributed by atoms with Crippen LogP contribution >= 0.6 is 0 Å². The molecule has 1 saturated heterocycles. The van der Waals surface area contributed by atoms with Crippen molar-refractivity contribution in [1.82, 2.24) is 14.8 Å². The van der Waals surface area contributed by atoms with Crippen molar-refractivity contribution < 1.29 is 48.8 Å². The minimum Gasteiger partial charge on any atom is -0.390 e. The first-order valence-corrected chi connectivity index (χ1v) is 17.1. The molecule has 0 radical (unpaired) electrons.